The number of halogens is 3. The van der Waals surface area contributed by atoms with Crippen LogP contribution in [-0.2, 0) is 10.1 Å². The molecule has 3 aromatic carbocycles. The zero-order valence-corrected chi connectivity index (χ0v) is 20.7. The van der Waals surface area contributed by atoms with Gasteiger partial charge < -0.3 is 4.55 Å². The molecule has 0 aliphatic heterocycles. The fraction of sp³-hybridized carbons (Fsp3) is 0.259. The Morgan fingerprint density at radius 1 is 0.771 bits per heavy atom. The highest BCUT2D eigenvalue weighted by molar-refractivity contribution is 7.99. The molecule has 1 saturated carbocycles. The second kappa shape index (κ2) is 11.9. The lowest BCUT2D eigenvalue weighted by Crippen LogP contribution is -2.29. The van der Waals surface area contributed by atoms with E-state index in [2.05, 4.69) is 103 Å². The average Bonchev–Trinajstić information content (AvgIpc) is 3.36. The Kier molecular flexibility index (Phi) is 9.13. The van der Waals surface area contributed by atoms with Crippen LogP contribution in [0.5, 0.6) is 0 Å². The van der Waals surface area contributed by atoms with Crippen molar-refractivity contribution in [3.8, 4) is 11.6 Å². The van der Waals surface area contributed by atoms with Crippen LogP contribution in [0.15, 0.2) is 91.0 Å². The molecule has 0 amide bonds. The fourth-order valence-corrected chi connectivity index (χ4v) is 7.59. The molecule has 0 heterocycles. The van der Waals surface area contributed by atoms with E-state index in [1.165, 1.54) is 41.6 Å². The molecule has 35 heavy (non-hydrogen) atoms. The smallest absolute Gasteiger partial charge is 0.485 e. The van der Waals surface area contributed by atoms with Gasteiger partial charge in [0, 0.05) is 6.42 Å². The van der Waals surface area contributed by atoms with Crippen molar-refractivity contribution in [1.29, 1.82) is 0 Å². The number of hydrogen-bond donors (Lipinski definition) is 0. The Balaban J connectivity index is 0.000000371. The fourth-order valence-electron chi connectivity index (χ4n) is 4.12. The zero-order valence-electron chi connectivity index (χ0n) is 19.0. The Morgan fingerprint density at radius 2 is 1.11 bits per heavy atom. The second-order valence-electron chi connectivity index (χ2n) is 8.22. The van der Waals surface area contributed by atoms with E-state index in [9.17, 15) is 13.2 Å². The molecule has 8 heteroatoms. The predicted octanol–water partition coefficient (Wildman–Crippen LogP) is 5.57. The van der Waals surface area contributed by atoms with E-state index in [0.717, 1.165) is 12.3 Å². The van der Waals surface area contributed by atoms with Gasteiger partial charge in [0.05, 0.1) is 5.66 Å². The maximum Gasteiger partial charge on any atom is 0.485 e. The average molecular weight is 519 g/mol. The van der Waals surface area contributed by atoms with E-state index in [1.54, 1.807) is 0 Å². The van der Waals surface area contributed by atoms with Crippen molar-refractivity contribution in [3.05, 3.63) is 91.0 Å². The highest BCUT2D eigenvalue weighted by Crippen LogP contribution is 2.54. The Hall–Kier alpha value is -2.65. The molecule has 184 valence electrons. The van der Waals surface area contributed by atoms with E-state index in [1.807, 2.05) is 0 Å². The van der Waals surface area contributed by atoms with Crippen LogP contribution in [0.3, 0.4) is 0 Å². The number of rotatable bonds is 4. The molecule has 0 saturated heterocycles. The summed E-state index contributed by atoms with van der Waals surface area (Å²) in [6.07, 6.45) is 6.49. The summed E-state index contributed by atoms with van der Waals surface area (Å²) < 4.78 is 58.9. The van der Waals surface area contributed by atoms with Gasteiger partial charge in [0.1, 0.15) is 15.9 Å². The van der Waals surface area contributed by atoms with E-state index in [4.69, 9.17) is 13.0 Å². The van der Waals surface area contributed by atoms with Gasteiger partial charge in [-0.1, -0.05) is 73.4 Å². The number of benzene rings is 3. The van der Waals surface area contributed by atoms with Crippen LogP contribution >= 0.6 is 7.26 Å². The first-order chi connectivity index (χ1) is 16.6. The molecule has 1 fully saturated rings. The minimum absolute atomic E-state index is 0.793. The molecule has 0 bridgehead atoms. The first-order valence-electron chi connectivity index (χ1n) is 11.2. The first kappa shape index (κ1) is 26.9. The molecule has 0 unspecified atom stereocenters. The highest BCUT2D eigenvalue weighted by atomic mass is 32.2. The lowest BCUT2D eigenvalue weighted by Gasteiger charge is -2.21. The molecule has 4 rings (SSSR count). The maximum absolute atomic E-state index is 10.7. The molecule has 1 aliphatic rings. The monoisotopic (exact) mass is 518 g/mol. The summed E-state index contributed by atoms with van der Waals surface area (Å²) >= 11 is 0. The van der Waals surface area contributed by atoms with Crippen molar-refractivity contribution >= 4 is 33.3 Å². The third-order valence-electron chi connectivity index (χ3n) is 5.83. The Morgan fingerprint density at radius 3 is 1.43 bits per heavy atom. The normalized spacial score (nSPS) is 14.4. The summed E-state index contributed by atoms with van der Waals surface area (Å²) in [4.78, 5) is 0. The van der Waals surface area contributed by atoms with Gasteiger partial charge >= 0.3 is 5.51 Å². The second-order valence-corrected chi connectivity index (χ2v) is 12.7. The Bertz CT molecular complexity index is 1130. The van der Waals surface area contributed by atoms with Crippen molar-refractivity contribution < 1.29 is 26.1 Å². The molecule has 0 N–H and O–H groups in total. The third-order valence-corrected chi connectivity index (χ3v) is 10.1. The van der Waals surface area contributed by atoms with E-state index in [0.29, 0.717) is 0 Å². The molecule has 0 aromatic heterocycles. The molecule has 3 aromatic rings. The third kappa shape index (κ3) is 6.95. The maximum atomic E-state index is 10.7. The lowest BCUT2D eigenvalue weighted by molar-refractivity contribution is -0.0517. The Labute approximate surface area is 205 Å². The number of alkyl halides is 3. The quantitative estimate of drug-likeness (QED) is 0.196. The standard InChI is InChI=1S/C26H26P.CHF3O3S/c1-4-16-24(17-5-1)27(25-18-6-2-7-19-25,26-20-8-3-9-21-26)22-12-15-23-13-10-11-14-23;2-1(3,4)8(5,6)7/h1-9,16-21,23H,10-11,13-15H2;(H,5,6,7)/q+1;/p-1. The van der Waals surface area contributed by atoms with E-state index >= 15 is 0 Å². The molecular weight excluding hydrogens is 492 g/mol. The van der Waals surface area contributed by atoms with Crippen LogP contribution in [0.2, 0.25) is 0 Å². The topological polar surface area (TPSA) is 57.2 Å². The molecule has 0 atom stereocenters. The van der Waals surface area contributed by atoms with Gasteiger partial charge in [-0.15, -0.1) is 0 Å². The summed E-state index contributed by atoms with van der Waals surface area (Å²) in [6, 6.07) is 32.7. The first-order valence-corrected chi connectivity index (χ1v) is 14.4. The summed E-state index contributed by atoms with van der Waals surface area (Å²) in [6.45, 7) is 0. The van der Waals surface area contributed by atoms with Crippen LogP contribution in [0.4, 0.5) is 13.2 Å². The van der Waals surface area contributed by atoms with Gasteiger partial charge in [0.2, 0.25) is 0 Å². The van der Waals surface area contributed by atoms with Gasteiger partial charge in [0.15, 0.2) is 17.4 Å². The largest absolute Gasteiger partial charge is 0.741 e. The van der Waals surface area contributed by atoms with Crippen molar-refractivity contribution in [2.75, 3.05) is 0 Å². The molecule has 0 spiro atoms. The lowest BCUT2D eigenvalue weighted by atomic mass is 10.1. The van der Waals surface area contributed by atoms with Gasteiger partial charge in [0.25, 0.3) is 0 Å². The molecular formula is C27H26F3O3PS. The SMILES string of the molecule is C(#C[P+](c1ccccc1)(c1ccccc1)c1ccccc1)CC1CCCC1.O=S(=O)([O-])C(F)(F)F. The van der Waals surface area contributed by atoms with Gasteiger partial charge in [-0.3, -0.25) is 0 Å². The van der Waals surface area contributed by atoms with Crippen LogP contribution in [0, 0.1) is 17.5 Å². The van der Waals surface area contributed by atoms with E-state index in [-0.39, 0.29) is 0 Å². The van der Waals surface area contributed by atoms with Crippen molar-refractivity contribution in [2.24, 2.45) is 5.92 Å². The minimum atomic E-state index is -6.09. The highest BCUT2D eigenvalue weighted by Gasteiger charge is 2.44. The van der Waals surface area contributed by atoms with Gasteiger partial charge in [-0.2, -0.15) is 13.2 Å². The van der Waals surface area contributed by atoms with E-state index < -0.39 is 22.9 Å². The van der Waals surface area contributed by atoms with Crippen molar-refractivity contribution in [2.45, 2.75) is 37.6 Å². The zero-order chi connectivity index (χ0) is 25.4. The van der Waals surface area contributed by atoms with Gasteiger partial charge in [-0.25, -0.2) is 8.42 Å². The van der Waals surface area contributed by atoms with Crippen LogP contribution in [-0.4, -0.2) is 18.5 Å². The predicted molar refractivity (Wildman–Crippen MR) is 135 cm³/mol. The summed E-state index contributed by atoms with van der Waals surface area (Å²) in [5.41, 5.74) is -1.78. The summed E-state index contributed by atoms with van der Waals surface area (Å²) in [7, 11) is -8.06. The number of hydrogen-bond acceptors (Lipinski definition) is 3. The summed E-state index contributed by atoms with van der Waals surface area (Å²) in [5.74, 6) is 4.46. The van der Waals surface area contributed by atoms with Crippen LogP contribution in [0.25, 0.3) is 0 Å². The summed E-state index contributed by atoms with van der Waals surface area (Å²) in [5, 5.41) is 4.05. The van der Waals surface area contributed by atoms with Crippen molar-refractivity contribution in [1.82, 2.24) is 0 Å². The molecule has 0 radical (unpaired) electrons. The van der Waals surface area contributed by atoms with Gasteiger partial charge in [-0.05, 0) is 55.2 Å². The minimum Gasteiger partial charge on any atom is -0.741 e. The molecule has 3 nitrogen and oxygen atoms in total. The van der Waals surface area contributed by atoms with Crippen molar-refractivity contribution in [3.63, 3.8) is 0 Å². The van der Waals surface area contributed by atoms with Crippen LogP contribution < -0.4 is 15.9 Å². The van der Waals surface area contributed by atoms with Crippen LogP contribution in [0.1, 0.15) is 32.1 Å². The molecule has 1 aliphatic carbocycles.